The van der Waals surface area contributed by atoms with Crippen LogP contribution in [0.4, 0.5) is 5.69 Å². The maximum Gasteiger partial charge on any atom is 0.228 e. The number of rotatable bonds is 3. The molecule has 1 atom stereocenters. The number of thiocarbonyl (C=S) groups is 1. The number of halogens is 3. The number of nitrogens with one attached hydrogen (secondary N) is 3. The summed E-state index contributed by atoms with van der Waals surface area (Å²) in [6, 6.07) is 9.24. The van der Waals surface area contributed by atoms with E-state index in [1.807, 2.05) is 30.3 Å². The van der Waals surface area contributed by atoms with Crippen molar-refractivity contribution in [2.75, 3.05) is 5.32 Å². The number of para-hydroxylation sites is 1. The molecule has 0 heterocycles. The third kappa shape index (κ3) is 6.29. The standard InChI is InChI=1S/C11H12Cl3N3OS/c1-7(18)15-9(11(12,13)14)17-10(19)16-8-5-3-2-4-6-8/h2-6,9H,1H3,(H,15,18)(H2,16,17,19)/t9-/m0/s1. The number of hydrogen-bond acceptors (Lipinski definition) is 2. The molecule has 1 aromatic rings. The molecule has 0 bridgehead atoms. The zero-order chi connectivity index (χ0) is 14.5. The van der Waals surface area contributed by atoms with E-state index in [0.29, 0.717) is 0 Å². The predicted octanol–water partition coefficient (Wildman–Crippen LogP) is 2.81. The Kier molecular flexibility index (Phi) is 6.13. The van der Waals surface area contributed by atoms with Crippen molar-refractivity contribution < 1.29 is 4.79 Å². The first-order valence-corrected chi connectivity index (χ1v) is 6.79. The lowest BCUT2D eigenvalue weighted by atomic mass is 10.3. The van der Waals surface area contributed by atoms with Gasteiger partial charge in [-0.2, -0.15) is 0 Å². The number of hydrogen-bond donors (Lipinski definition) is 3. The lowest BCUT2D eigenvalue weighted by Gasteiger charge is -2.27. The highest BCUT2D eigenvalue weighted by atomic mass is 35.6. The first kappa shape index (κ1) is 16.3. The van der Waals surface area contributed by atoms with Crippen molar-refractivity contribution in [2.45, 2.75) is 16.9 Å². The highest BCUT2D eigenvalue weighted by molar-refractivity contribution is 7.80. The van der Waals surface area contributed by atoms with E-state index in [9.17, 15) is 4.79 Å². The van der Waals surface area contributed by atoms with Gasteiger partial charge in [-0.1, -0.05) is 53.0 Å². The van der Waals surface area contributed by atoms with Gasteiger partial charge in [-0.05, 0) is 24.4 Å². The molecule has 0 saturated carbocycles. The molecule has 4 nitrogen and oxygen atoms in total. The van der Waals surface area contributed by atoms with Gasteiger partial charge in [0, 0.05) is 12.6 Å². The number of benzene rings is 1. The average Bonchev–Trinajstić information content (AvgIpc) is 2.27. The van der Waals surface area contributed by atoms with E-state index < -0.39 is 9.96 Å². The summed E-state index contributed by atoms with van der Waals surface area (Å²) >= 11 is 22.4. The molecule has 8 heteroatoms. The predicted molar refractivity (Wildman–Crippen MR) is 83.7 cm³/mol. The molecule has 0 unspecified atom stereocenters. The maximum absolute atomic E-state index is 11.0. The quantitative estimate of drug-likeness (QED) is 0.450. The van der Waals surface area contributed by atoms with Gasteiger partial charge >= 0.3 is 0 Å². The van der Waals surface area contributed by atoms with Gasteiger partial charge in [0.1, 0.15) is 6.17 Å². The molecule has 0 aliphatic carbocycles. The second-order valence-electron chi connectivity index (χ2n) is 3.64. The van der Waals surface area contributed by atoms with E-state index in [-0.39, 0.29) is 11.0 Å². The molecule has 3 N–H and O–H groups in total. The van der Waals surface area contributed by atoms with Gasteiger partial charge in [0.05, 0.1) is 0 Å². The Bertz CT molecular complexity index is 450. The molecule has 0 aliphatic rings. The van der Waals surface area contributed by atoms with Crippen LogP contribution in [0.15, 0.2) is 30.3 Å². The minimum absolute atomic E-state index is 0.233. The third-order valence-corrected chi connectivity index (χ3v) is 2.86. The monoisotopic (exact) mass is 339 g/mol. The van der Waals surface area contributed by atoms with Crippen LogP contribution in [0.2, 0.25) is 0 Å². The van der Waals surface area contributed by atoms with Crippen LogP contribution < -0.4 is 16.0 Å². The fraction of sp³-hybridized carbons (Fsp3) is 0.273. The summed E-state index contributed by atoms with van der Waals surface area (Å²) in [5.74, 6) is -0.341. The lowest BCUT2D eigenvalue weighted by molar-refractivity contribution is -0.119. The summed E-state index contributed by atoms with van der Waals surface area (Å²) in [6.45, 7) is 1.32. The molecule has 0 spiro atoms. The van der Waals surface area contributed by atoms with Gasteiger partial charge in [-0.25, -0.2) is 0 Å². The minimum atomic E-state index is -1.73. The molecule has 0 radical (unpaired) electrons. The van der Waals surface area contributed by atoms with Crippen molar-refractivity contribution in [3.05, 3.63) is 30.3 Å². The minimum Gasteiger partial charge on any atom is -0.339 e. The van der Waals surface area contributed by atoms with Gasteiger partial charge in [-0.3, -0.25) is 4.79 Å². The molecule has 0 aromatic heterocycles. The normalized spacial score (nSPS) is 12.4. The summed E-state index contributed by atoms with van der Waals surface area (Å²) < 4.78 is -1.73. The van der Waals surface area contributed by atoms with E-state index in [4.69, 9.17) is 47.0 Å². The summed E-state index contributed by atoms with van der Waals surface area (Å²) in [5.41, 5.74) is 0.783. The number of amides is 1. The van der Waals surface area contributed by atoms with E-state index in [1.54, 1.807) is 0 Å². The first-order chi connectivity index (χ1) is 8.79. The van der Waals surface area contributed by atoms with Crippen molar-refractivity contribution >= 4 is 63.7 Å². The smallest absolute Gasteiger partial charge is 0.228 e. The molecular formula is C11H12Cl3N3OS. The molecule has 0 saturated heterocycles. The van der Waals surface area contributed by atoms with Crippen LogP contribution in [-0.4, -0.2) is 21.0 Å². The van der Waals surface area contributed by atoms with E-state index in [0.717, 1.165) is 5.69 Å². The van der Waals surface area contributed by atoms with Crippen LogP contribution in [0.1, 0.15) is 6.92 Å². The largest absolute Gasteiger partial charge is 0.339 e. The Morgan fingerprint density at radius 2 is 1.79 bits per heavy atom. The summed E-state index contributed by atoms with van der Waals surface area (Å²) in [5, 5.41) is 8.34. The van der Waals surface area contributed by atoms with Gasteiger partial charge in [0.2, 0.25) is 9.70 Å². The van der Waals surface area contributed by atoms with Crippen molar-refractivity contribution in [1.29, 1.82) is 0 Å². The molecule has 104 valence electrons. The summed E-state index contributed by atoms with van der Waals surface area (Å²) in [4.78, 5) is 11.0. The highest BCUT2D eigenvalue weighted by Gasteiger charge is 2.33. The summed E-state index contributed by atoms with van der Waals surface area (Å²) in [7, 11) is 0. The van der Waals surface area contributed by atoms with Gasteiger partial charge < -0.3 is 16.0 Å². The highest BCUT2D eigenvalue weighted by Crippen LogP contribution is 2.29. The molecule has 1 rings (SSSR count). The summed E-state index contributed by atoms with van der Waals surface area (Å²) in [6.07, 6.45) is -0.932. The number of alkyl halides is 3. The number of carbonyl (C=O) groups is 1. The van der Waals surface area contributed by atoms with Crippen LogP contribution in [0.5, 0.6) is 0 Å². The average molecular weight is 341 g/mol. The van der Waals surface area contributed by atoms with Crippen molar-refractivity contribution in [3.63, 3.8) is 0 Å². The Hall–Kier alpha value is -0.750. The fourth-order valence-corrected chi connectivity index (χ4v) is 1.79. The van der Waals surface area contributed by atoms with Gasteiger partial charge in [0.25, 0.3) is 0 Å². The van der Waals surface area contributed by atoms with Crippen LogP contribution in [0, 0.1) is 0 Å². The van der Waals surface area contributed by atoms with E-state index in [2.05, 4.69) is 16.0 Å². The SMILES string of the molecule is CC(=O)N[C@@H](NC(=S)Nc1ccccc1)C(Cl)(Cl)Cl. The molecule has 19 heavy (non-hydrogen) atoms. The number of anilines is 1. The van der Waals surface area contributed by atoms with Crippen LogP contribution in [0.25, 0.3) is 0 Å². The van der Waals surface area contributed by atoms with E-state index >= 15 is 0 Å². The molecule has 1 aromatic carbocycles. The second kappa shape index (κ2) is 7.14. The lowest BCUT2D eigenvalue weighted by Crippen LogP contribution is -2.55. The van der Waals surface area contributed by atoms with Crippen LogP contribution >= 0.6 is 47.0 Å². The first-order valence-electron chi connectivity index (χ1n) is 5.25. The Balaban J connectivity index is 2.64. The fourth-order valence-electron chi connectivity index (χ4n) is 1.22. The van der Waals surface area contributed by atoms with Gasteiger partial charge in [0.15, 0.2) is 5.11 Å². The van der Waals surface area contributed by atoms with Crippen molar-refractivity contribution in [3.8, 4) is 0 Å². The Labute approximate surface area is 131 Å². The topological polar surface area (TPSA) is 53.2 Å². The molecular weight excluding hydrogens is 329 g/mol. The van der Waals surface area contributed by atoms with Crippen molar-refractivity contribution in [1.82, 2.24) is 10.6 Å². The Morgan fingerprint density at radius 3 is 2.26 bits per heavy atom. The van der Waals surface area contributed by atoms with Crippen LogP contribution in [0.3, 0.4) is 0 Å². The zero-order valence-corrected chi connectivity index (χ0v) is 13.0. The van der Waals surface area contributed by atoms with E-state index in [1.165, 1.54) is 6.92 Å². The van der Waals surface area contributed by atoms with Gasteiger partial charge in [-0.15, -0.1) is 0 Å². The zero-order valence-electron chi connectivity index (χ0n) is 9.91. The third-order valence-electron chi connectivity index (χ3n) is 1.98. The molecule has 0 fully saturated rings. The maximum atomic E-state index is 11.0. The molecule has 0 aliphatic heterocycles. The Morgan fingerprint density at radius 1 is 1.21 bits per heavy atom. The second-order valence-corrected chi connectivity index (χ2v) is 6.42. The van der Waals surface area contributed by atoms with Crippen molar-refractivity contribution in [2.24, 2.45) is 0 Å². The molecule has 1 amide bonds. The number of carbonyl (C=O) groups excluding carboxylic acids is 1. The van der Waals surface area contributed by atoms with Crippen LogP contribution in [-0.2, 0) is 4.79 Å².